The second-order valence-corrected chi connectivity index (χ2v) is 3.44. The van der Waals surface area contributed by atoms with E-state index in [2.05, 4.69) is 10.6 Å². The Morgan fingerprint density at radius 3 is 2.33 bits per heavy atom. The molecule has 0 atom stereocenters. The maximum atomic E-state index is 11.5. The molecule has 0 bridgehead atoms. The lowest BCUT2D eigenvalue weighted by Gasteiger charge is -2.37. The van der Waals surface area contributed by atoms with Crippen molar-refractivity contribution in [3.8, 4) is 0 Å². The number of nitrogens with zero attached hydrogens (tertiary/aromatic N) is 2. The summed E-state index contributed by atoms with van der Waals surface area (Å²) in [6, 6.07) is -0.641. The number of rotatable bonds is 1. The molecule has 7 nitrogen and oxygen atoms in total. The predicted octanol–water partition coefficient (Wildman–Crippen LogP) is -1.72. The van der Waals surface area contributed by atoms with Crippen LogP contribution in [0.2, 0.25) is 0 Å². The second kappa shape index (κ2) is 3.95. The minimum Gasteiger partial charge on any atom is -0.314 e. The topological polar surface area (TPSA) is 81.8 Å². The number of hydrogen-bond acceptors (Lipinski definition) is 5. The van der Waals surface area contributed by atoms with Crippen LogP contribution in [0.15, 0.2) is 0 Å². The van der Waals surface area contributed by atoms with Crippen LogP contribution in [0.3, 0.4) is 0 Å². The monoisotopic (exact) mass is 212 g/mol. The van der Waals surface area contributed by atoms with Crippen molar-refractivity contribution in [1.82, 2.24) is 20.7 Å². The number of carbonyl (C=O) groups is 3. The normalized spacial score (nSPS) is 24.3. The highest BCUT2D eigenvalue weighted by Crippen LogP contribution is 2.08. The van der Waals surface area contributed by atoms with E-state index in [1.165, 1.54) is 0 Å². The maximum Gasteiger partial charge on any atom is 0.345 e. The zero-order valence-corrected chi connectivity index (χ0v) is 8.15. The van der Waals surface area contributed by atoms with Gasteiger partial charge in [0.15, 0.2) is 0 Å². The third-order valence-corrected chi connectivity index (χ3v) is 2.36. The minimum atomic E-state index is -0.641. The van der Waals surface area contributed by atoms with Gasteiger partial charge in [-0.2, -0.15) is 5.01 Å². The highest BCUT2D eigenvalue weighted by molar-refractivity contribution is 6.13. The molecule has 2 N–H and O–H groups in total. The van der Waals surface area contributed by atoms with Gasteiger partial charge in [0.1, 0.15) is 6.42 Å². The van der Waals surface area contributed by atoms with Crippen molar-refractivity contribution >= 4 is 17.8 Å². The SMILES string of the molecule is O=C1CC(=O)N(N2CCNCC2)C(=O)N1. The molecule has 2 fully saturated rings. The highest BCUT2D eigenvalue weighted by atomic mass is 16.2. The van der Waals surface area contributed by atoms with Crippen LogP contribution in [0.5, 0.6) is 0 Å². The third kappa shape index (κ3) is 1.97. The number of barbiturate groups is 1. The van der Waals surface area contributed by atoms with Crippen molar-refractivity contribution in [1.29, 1.82) is 0 Å². The Kier molecular flexibility index (Phi) is 2.65. The molecule has 0 aromatic rings. The van der Waals surface area contributed by atoms with Crippen LogP contribution in [-0.4, -0.2) is 54.0 Å². The molecule has 2 aliphatic heterocycles. The molecule has 0 saturated carbocycles. The molecule has 15 heavy (non-hydrogen) atoms. The molecule has 0 radical (unpaired) electrons. The van der Waals surface area contributed by atoms with Gasteiger partial charge in [0.2, 0.25) is 5.91 Å². The molecule has 0 spiro atoms. The summed E-state index contributed by atoms with van der Waals surface area (Å²) in [5.41, 5.74) is 0. The van der Waals surface area contributed by atoms with Crippen molar-refractivity contribution < 1.29 is 14.4 Å². The van der Waals surface area contributed by atoms with Crippen LogP contribution in [0.4, 0.5) is 4.79 Å². The molecule has 7 heteroatoms. The Balaban J connectivity index is 2.09. The zero-order chi connectivity index (χ0) is 10.8. The van der Waals surface area contributed by atoms with Gasteiger partial charge in [-0.15, -0.1) is 0 Å². The van der Waals surface area contributed by atoms with E-state index in [-0.39, 0.29) is 6.42 Å². The van der Waals surface area contributed by atoms with Crippen LogP contribution in [0, 0.1) is 0 Å². The van der Waals surface area contributed by atoms with E-state index >= 15 is 0 Å². The van der Waals surface area contributed by atoms with Gasteiger partial charge in [-0.3, -0.25) is 14.9 Å². The molecule has 0 unspecified atom stereocenters. The van der Waals surface area contributed by atoms with Crippen molar-refractivity contribution in [2.45, 2.75) is 6.42 Å². The summed E-state index contributed by atoms with van der Waals surface area (Å²) in [6.07, 6.45) is -0.254. The summed E-state index contributed by atoms with van der Waals surface area (Å²) in [5, 5.41) is 7.92. The number of nitrogens with one attached hydrogen (secondary N) is 2. The predicted molar refractivity (Wildman–Crippen MR) is 49.4 cm³/mol. The molecule has 2 saturated heterocycles. The Morgan fingerprint density at radius 2 is 1.73 bits per heavy atom. The fourth-order valence-corrected chi connectivity index (χ4v) is 1.68. The highest BCUT2D eigenvalue weighted by Gasteiger charge is 2.35. The second-order valence-electron chi connectivity index (χ2n) is 3.44. The van der Waals surface area contributed by atoms with E-state index in [1.807, 2.05) is 0 Å². The van der Waals surface area contributed by atoms with Gasteiger partial charge in [-0.05, 0) is 0 Å². The van der Waals surface area contributed by atoms with Gasteiger partial charge >= 0.3 is 6.03 Å². The maximum absolute atomic E-state index is 11.5. The fraction of sp³-hybridized carbons (Fsp3) is 0.625. The van der Waals surface area contributed by atoms with E-state index in [4.69, 9.17) is 0 Å². The molecule has 4 amide bonds. The molecule has 82 valence electrons. The number of hydrogen-bond donors (Lipinski definition) is 2. The van der Waals surface area contributed by atoms with Crippen LogP contribution < -0.4 is 10.6 Å². The summed E-state index contributed by atoms with van der Waals surface area (Å²) in [4.78, 5) is 33.8. The van der Waals surface area contributed by atoms with E-state index < -0.39 is 17.8 Å². The summed E-state index contributed by atoms with van der Waals surface area (Å²) >= 11 is 0. The molecule has 0 aromatic carbocycles. The van der Waals surface area contributed by atoms with Crippen LogP contribution >= 0.6 is 0 Å². The first-order chi connectivity index (χ1) is 7.18. The average molecular weight is 212 g/mol. The zero-order valence-electron chi connectivity index (χ0n) is 8.15. The number of amides is 4. The summed E-state index contributed by atoms with van der Waals surface area (Å²) in [6.45, 7) is 2.64. The smallest absolute Gasteiger partial charge is 0.314 e. The van der Waals surface area contributed by atoms with Gasteiger partial charge in [0.05, 0.1) is 0 Å². The number of imide groups is 2. The molecule has 0 aromatic heterocycles. The first-order valence-electron chi connectivity index (χ1n) is 4.81. The first kappa shape index (κ1) is 10.1. The van der Waals surface area contributed by atoms with Gasteiger partial charge in [0.25, 0.3) is 5.91 Å². The van der Waals surface area contributed by atoms with Crippen LogP contribution in [0.1, 0.15) is 6.42 Å². The Labute approximate surface area is 86.4 Å². The number of carbonyl (C=O) groups excluding carboxylic acids is 3. The summed E-state index contributed by atoms with van der Waals surface area (Å²) in [5.74, 6) is -0.984. The standard InChI is InChI=1S/C8H12N4O3/c13-6-5-7(14)12(8(15)10-6)11-3-1-9-2-4-11/h9H,1-5H2,(H,10,13,15). The molecule has 2 heterocycles. The van der Waals surface area contributed by atoms with Gasteiger partial charge in [0, 0.05) is 26.2 Å². The van der Waals surface area contributed by atoms with Gasteiger partial charge in [-0.1, -0.05) is 0 Å². The molecular formula is C8H12N4O3. The minimum absolute atomic E-state index is 0.254. The lowest BCUT2D eigenvalue weighted by atomic mass is 10.3. The van der Waals surface area contributed by atoms with Crippen LogP contribution in [0.25, 0.3) is 0 Å². The van der Waals surface area contributed by atoms with E-state index in [1.54, 1.807) is 5.01 Å². The molecule has 0 aliphatic carbocycles. The van der Waals surface area contributed by atoms with Crippen molar-refractivity contribution in [3.05, 3.63) is 0 Å². The lowest BCUT2D eigenvalue weighted by Crippen LogP contribution is -2.62. The summed E-state index contributed by atoms with van der Waals surface area (Å²) < 4.78 is 0. The van der Waals surface area contributed by atoms with Crippen molar-refractivity contribution in [2.75, 3.05) is 26.2 Å². The van der Waals surface area contributed by atoms with Crippen molar-refractivity contribution in [2.24, 2.45) is 0 Å². The van der Waals surface area contributed by atoms with E-state index in [0.29, 0.717) is 13.1 Å². The van der Waals surface area contributed by atoms with E-state index in [0.717, 1.165) is 18.1 Å². The lowest BCUT2D eigenvalue weighted by molar-refractivity contribution is -0.148. The molecule has 2 rings (SSSR count). The molecule has 2 aliphatic rings. The van der Waals surface area contributed by atoms with Gasteiger partial charge < -0.3 is 5.32 Å². The average Bonchev–Trinajstić information content (AvgIpc) is 2.17. The Bertz CT molecular complexity index is 291. The number of hydrazine groups is 1. The Morgan fingerprint density at radius 1 is 1.07 bits per heavy atom. The Hall–Kier alpha value is -1.47. The van der Waals surface area contributed by atoms with Crippen LogP contribution in [-0.2, 0) is 9.59 Å². The third-order valence-electron chi connectivity index (χ3n) is 2.36. The summed E-state index contributed by atoms with van der Waals surface area (Å²) in [7, 11) is 0. The number of piperazine rings is 1. The van der Waals surface area contributed by atoms with Gasteiger partial charge in [-0.25, -0.2) is 9.80 Å². The quantitative estimate of drug-likeness (QED) is 0.505. The number of urea groups is 1. The largest absolute Gasteiger partial charge is 0.345 e. The van der Waals surface area contributed by atoms with Crippen molar-refractivity contribution in [3.63, 3.8) is 0 Å². The first-order valence-corrected chi connectivity index (χ1v) is 4.81. The fourth-order valence-electron chi connectivity index (χ4n) is 1.68. The van der Waals surface area contributed by atoms with E-state index in [9.17, 15) is 14.4 Å². The molecular weight excluding hydrogens is 200 g/mol.